The molecule has 3 aliphatic rings. The molecule has 2 aromatic carbocycles. The summed E-state index contributed by atoms with van der Waals surface area (Å²) >= 11 is 0. The van der Waals surface area contributed by atoms with Crippen molar-refractivity contribution in [2.24, 2.45) is 22.7 Å². The number of esters is 3. The summed E-state index contributed by atoms with van der Waals surface area (Å²) in [6, 6.07) is 16.2. The van der Waals surface area contributed by atoms with Crippen LogP contribution in [0, 0.1) is 22.7 Å². The molecule has 0 bridgehead atoms. The molecule has 0 unspecified atom stereocenters. The zero-order valence-corrected chi connectivity index (χ0v) is 27.3. The van der Waals surface area contributed by atoms with Gasteiger partial charge in [-0.3, -0.25) is 19.2 Å². The van der Waals surface area contributed by atoms with E-state index >= 15 is 0 Å². The summed E-state index contributed by atoms with van der Waals surface area (Å²) in [6.07, 6.45) is 4.34. The Morgan fingerprint density at radius 2 is 1.31 bits per heavy atom. The van der Waals surface area contributed by atoms with E-state index in [2.05, 4.69) is 37.4 Å². The lowest BCUT2D eigenvalue weighted by Gasteiger charge is -2.21. The summed E-state index contributed by atoms with van der Waals surface area (Å²) in [5.41, 5.74) is 2.32. The summed E-state index contributed by atoms with van der Waals surface area (Å²) in [4.78, 5) is 47.3. The normalized spacial score (nSPS) is 23.7. The van der Waals surface area contributed by atoms with Crippen molar-refractivity contribution in [1.82, 2.24) is 0 Å². The van der Waals surface area contributed by atoms with Crippen LogP contribution in [0.1, 0.15) is 77.3 Å². The third-order valence-electron chi connectivity index (χ3n) is 8.57. The summed E-state index contributed by atoms with van der Waals surface area (Å²) in [5, 5.41) is 9.44. The fraction of sp³-hybridized carbons (Fsp3) is 0.459. The molecule has 45 heavy (non-hydrogen) atoms. The lowest BCUT2D eigenvalue weighted by molar-refractivity contribution is -0.162. The van der Waals surface area contributed by atoms with Gasteiger partial charge in [-0.2, -0.15) is 0 Å². The van der Waals surface area contributed by atoms with Gasteiger partial charge in [0.15, 0.2) is 0 Å². The van der Waals surface area contributed by atoms with Gasteiger partial charge in [-0.15, -0.1) is 13.2 Å². The van der Waals surface area contributed by atoms with Gasteiger partial charge in [0.1, 0.15) is 12.2 Å². The van der Waals surface area contributed by atoms with E-state index in [9.17, 15) is 24.3 Å². The number of hydrogen-bond acceptors (Lipinski definition) is 7. The number of benzene rings is 2. The molecular weight excluding hydrogens is 572 g/mol. The Labute approximate surface area is 266 Å². The molecule has 4 atom stereocenters. The Bertz CT molecular complexity index is 1390. The van der Waals surface area contributed by atoms with E-state index in [-0.39, 0.29) is 49.1 Å². The van der Waals surface area contributed by atoms with Gasteiger partial charge in [0.05, 0.1) is 30.8 Å². The summed E-state index contributed by atoms with van der Waals surface area (Å²) in [6.45, 7) is 16.9. The molecule has 242 valence electrons. The van der Waals surface area contributed by atoms with Gasteiger partial charge in [-0.1, -0.05) is 74.5 Å². The quantitative estimate of drug-likeness (QED) is 0.170. The second-order valence-electron chi connectivity index (χ2n) is 12.6. The zero-order valence-electron chi connectivity index (χ0n) is 27.3. The Hall–Kier alpha value is -4.20. The number of allylic oxidation sites excluding steroid dienone is 2. The average Bonchev–Trinajstić information content (AvgIpc) is 3.89. The molecule has 8 heteroatoms. The van der Waals surface area contributed by atoms with Crippen molar-refractivity contribution in [3.63, 3.8) is 0 Å². The van der Waals surface area contributed by atoms with E-state index in [1.54, 1.807) is 32.9 Å². The number of rotatable bonds is 10. The number of aliphatic carboxylic acids is 1. The fourth-order valence-corrected chi connectivity index (χ4v) is 6.08. The van der Waals surface area contributed by atoms with Gasteiger partial charge >= 0.3 is 23.9 Å². The van der Waals surface area contributed by atoms with Crippen LogP contribution >= 0.6 is 0 Å². The second-order valence-corrected chi connectivity index (χ2v) is 12.6. The van der Waals surface area contributed by atoms with Crippen molar-refractivity contribution in [1.29, 1.82) is 0 Å². The maximum atomic E-state index is 12.3. The van der Waals surface area contributed by atoms with Gasteiger partial charge in [-0.05, 0) is 67.7 Å². The van der Waals surface area contributed by atoms with Crippen LogP contribution in [0.4, 0.5) is 0 Å². The highest BCUT2D eigenvalue weighted by molar-refractivity contribution is 5.87. The number of hydrogen-bond donors (Lipinski definition) is 1. The van der Waals surface area contributed by atoms with E-state index in [1.165, 1.54) is 18.2 Å². The number of carbonyl (C=O) groups excluding carboxylic acids is 3. The van der Waals surface area contributed by atoms with Crippen LogP contribution in [-0.4, -0.2) is 48.3 Å². The van der Waals surface area contributed by atoms with Crippen LogP contribution in [0.25, 0.3) is 11.1 Å². The fourth-order valence-electron chi connectivity index (χ4n) is 6.08. The van der Waals surface area contributed by atoms with Crippen molar-refractivity contribution in [3.8, 4) is 11.1 Å². The molecule has 5 rings (SSSR count). The molecule has 0 spiro atoms. The van der Waals surface area contributed by atoms with Gasteiger partial charge in [-0.25, -0.2) is 0 Å². The highest BCUT2D eigenvalue weighted by Crippen LogP contribution is 2.57. The van der Waals surface area contributed by atoms with Crippen molar-refractivity contribution in [3.05, 3.63) is 85.0 Å². The minimum atomic E-state index is -1.02. The smallest absolute Gasteiger partial charge is 0.313 e. The first-order valence-electron chi connectivity index (χ1n) is 15.4. The molecule has 3 aliphatic carbocycles. The first-order chi connectivity index (χ1) is 21.3. The minimum absolute atomic E-state index is 0.0125. The standard InChI is InChI=1S/C22H20O4.C13H20O4.C2H6/c1-2-14-11-22(14,21(24)25)12-20(23)26-13-19-17-9-5-3-7-15(17)16-8-4-6-10-18(16)19;1-6-9-7-13(9,11(15)16-5)8-10(14)17-12(2,3)4;1-2/h2-10,14,19H,1,11-13H2,(H,24,25);6,9H,1,7-8H2,2-5H3;1-2H3/t14-,22-;9-,13-;/m11./s1. The van der Waals surface area contributed by atoms with Crippen molar-refractivity contribution >= 4 is 23.9 Å². The predicted octanol–water partition coefficient (Wildman–Crippen LogP) is 7.12. The Balaban J connectivity index is 0.000000253. The number of carbonyl (C=O) groups is 4. The molecule has 2 aromatic rings. The zero-order chi connectivity index (χ0) is 33.6. The summed E-state index contributed by atoms with van der Waals surface area (Å²) in [5.74, 6) is -2.28. The third kappa shape index (κ3) is 7.72. The monoisotopic (exact) mass is 618 g/mol. The van der Waals surface area contributed by atoms with Crippen LogP contribution < -0.4 is 0 Å². The van der Waals surface area contributed by atoms with Crippen molar-refractivity contribution < 1.29 is 38.5 Å². The highest BCUT2D eigenvalue weighted by atomic mass is 16.6. The molecule has 0 aromatic heterocycles. The number of methoxy groups -OCH3 is 1. The SMILES string of the molecule is C=C[C@@H]1C[C@]1(CC(=O)OC(C)(C)C)C(=O)OC.C=C[C@@H]1C[C@]1(CC(=O)OCC1c2ccccc2-c2ccccc21)C(=O)O.CC. The topological polar surface area (TPSA) is 116 Å². The molecule has 8 nitrogen and oxygen atoms in total. The first-order valence-corrected chi connectivity index (χ1v) is 15.4. The molecule has 0 heterocycles. The van der Waals surface area contributed by atoms with E-state index in [1.807, 2.05) is 38.1 Å². The number of carboxylic acid groups (broad SMARTS) is 1. The summed E-state index contributed by atoms with van der Waals surface area (Å²) in [7, 11) is 1.33. The lowest BCUT2D eigenvalue weighted by Crippen LogP contribution is -2.29. The lowest BCUT2D eigenvalue weighted by atomic mass is 9.97. The van der Waals surface area contributed by atoms with Crippen LogP contribution in [0.15, 0.2) is 73.8 Å². The molecule has 2 saturated carbocycles. The molecule has 0 saturated heterocycles. The Kier molecular flexibility index (Phi) is 11.2. The first kappa shape index (κ1) is 35.3. The maximum Gasteiger partial charge on any atom is 0.313 e. The number of carboxylic acids is 1. The number of ether oxygens (including phenoxy) is 3. The van der Waals surface area contributed by atoms with Crippen LogP contribution in [0.3, 0.4) is 0 Å². The minimum Gasteiger partial charge on any atom is -0.481 e. The van der Waals surface area contributed by atoms with E-state index < -0.39 is 28.4 Å². The van der Waals surface area contributed by atoms with Crippen molar-refractivity contribution in [2.45, 2.75) is 71.8 Å². The van der Waals surface area contributed by atoms with E-state index in [4.69, 9.17) is 14.2 Å². The number of fused-ring (bicyclic) bond motifs is 3. The largest absolute Gasteiger partial charge is 0.481 e. The van der Waals surface area contributed by atoms with Crippen LogP contribution in [0.2, 0.25) is 0 Å². The highest BCUT2D eigenvalue weighted by Gasteiger charge is 2.61. The Morgan fingerprint density at radius 1 is 0.844 bits per heavy atom. The van der Waals surface area contributed by atoms with E-state index in [0.29, 0.717) is 12.8 Å². The molecule has 2 fully saturated rings. The molecular formula is C37H46O8. The van der Waals surface area contributed by atoms with Gasteiger partial charge in [0.2, 0.25) is 0 Å². The van der Waals surface area contributed by atoms with Crippen LogP contribution in [-0.2, 0) is 33.4 Å². The van der Waals surface area contributed by atoms with E-state index in [0.717, 1.165) is 11.1 Å². The molecule has 1 N–H and O–H groups in total. The summed E-state index contributed by atoms with van der Waals surface area (Å²) < 4.78 is 15.5. The maximum absolute atomic E-state index is 12.3. The van der Waals surface area contributed by atoms with Gasteiger partial charge in [0, 0.05) is 5.92 Å². The predicted molar refractivity (Wildman–Crippen MR) is 172 cm³/mol. The molecule has 0 radical (unpaired) electrons. The Morgan fingerprint density at radius 3 is 1.73 bits per heavy atom. The van der Waals surface area contributed by atoms with Crippen molar-refractivity contribution in [2.75, 3.05) is 13.7 Å². The third-order valence-corrected chi connectivity index (χ3v) is 8.57. The second kappa shape index (κ2) is 14.3. The van der Waals surface area contributed by atoms with Gasteiger partial charge in [0.25, 0.3) is 0 Å². The van der Waals surface area contributed by atoms with Gasteiger partial charge < -0.3 is 19.3 Å². The van der Waals surface area contributed by atoms with Crippen LogP contribution in [0.5, 0.6) is 0 Å². The molecule has 0 aliphatic heterocycles. The average molecular weight is 619 g/mol. The molecule has 0 amide bonds.